The molecule has 0 saturated heterocycles. The Labute approximate surface area is 98.5 Å². The third-order valence-corrected chi connectivity index (χ3v) is 3.93. The molecule has 0 bridgehead atoms. The zero-order valence-corrected chi connectivity index (χ0v) is 10.7. The van der Waals surface area contributed by atoms with Crippen molar-refractivity contribution >= 4 is 0 Å². The van der Waals surface area contributed by atoms with Crippen LogP contribution in [0.25, 0.3) is 0 Å². The van der Waals surface area contributed by atoms with Crippen LogP contribution in [0.15, 0.2) is 18.2 Å². The molecular weight excluding hydrogens is 196 g/mol. The Kier molecular flexibility index (Phi) is 2.83. The van der Waals surface area contributed by atoms with Gasteiger partial charge in [-0.2, -0.15) is 0 Å². The number of hydrogen-bond acceptors (Lipinski definition) is 1. The highest BCUT2D eigenvalue weighted by atomic mass is 16.3. The molecule has 0 radical (unpaired) electrons. The van der Waals surface area contributed by atoms with Crippen LogP contribution in [0.3, 0.4) is 0 Å². The van der Waals surface area contributed by atoms with E-state index >= 15 is 0 Å². The quantitative estimate of drug-likeness (QED) is 0.761. The van der Waals surface area contributed by atoms with Crippen LogP contribution in [0.4, 0.5) is 0 Å². The van der Waals surface area contributed by atoms with Crippen LogP contribution in [-0.2, 0) is 5.60 Å². The highest BCUT2D eigenvalue weighted by Gasteiger charge is 2.35. The van der Waals surface area contributed by atoms with Crippen molar-refractivity contribution in [2.24, 2.45) is 5.92 Å². The number of hydrogen-bond donors (Lipinski definition) is 1. The van der Waals surface area contributed by atoms with Gasteiger partial charge in [0, 0.05) is 0 Å². The summed E-state index contributed by atoms with van der Waals surface area (Å²) < 4.78 is 0. The average Bonchev–Trinajstić information content (AvgIpc) is 2.16. The first kappa shape index (κ1) is 11.7. The van der Waals surface area contributed by atoms with Gasteiger partial charge in [-0.05, 0) is 49.7 Å². The van der Waals surface area contributed by atoms with Crippen LogP contribution in [0.1, 0.15) is 56.2 Å². The van der Waals surface area contributed by atoms with Crippen LogP contribution >= 0.6 is 0 Å². The van der Waals surface area contributed by atoms with Gasteiger partial charge in [-0.15, -0.1) is 0 Å². The van der Waals surface area contributed by atoms with Gasteiger partial charge in [0.25, 0.3) is 0 Å². The molecule has 0 aliphatic heterocycles. The van der Waals surface area contributed by atoms with E-state index in [9.17, 15) is 5.11 Å². The highest BCUT2D eigenvalue weighted by molar-refractivity contribution is 5.40. The molecule has 1 aliphatic carbocycles. The van der Waals surface area contributed by atoms with Gasteiger partial charge in [-0.1, -0.05) is 37.6 Å². The van der Waals surface area contributed by atoms with Gasteiger partial charge in [0.05, 0.1) is 5.60 Å². The van der Waals surface area contributed by atoms with Crippen LogP contribution in [0.2, 0.25) is 0 Å². The summed E-state index contributed by atoms with van der Waals surface area (Å²) >= 11 is 0. The summed E-state index contributed by atoms with van der Waals surface area (Å²) in [6, 6.07) is 6.48. The van der Waals surface area contributed by atoms with Crippen molar-refractivity contribution in [3.63, 3.8) is 0 Å². The van der Waals surface area contributed by atoms with E-state index in [1.165, 1.54) is 11.1 Å². The van der Waals surface area contributed by atoms with E-state index in [2.05, 4.69) is 39.0 Å². The highest BCUT2D eigenvalue weighted by Crippen LogP contribution is 2.44. The van der Waals surface area contributed by atoms with Crippen LogP contribution in [0.5, 0.6) is 0 Å². The predicted molar refractivity (Wildman–Crippen MR) is 67.6 cm³/mol. The van der Waals surface area contributed by atoms with E-state index in [0.29, 0.717) is 11.8 Å². The minimum atomic E-state index is -0.631. The first-order chi connectivity index (χ1) is 7.42. The van der Waals surface area contributed by atoms with Crippen molar-refractivity contribution in [1.82, 2.24) is 0 Å². The molecule has 0 spiro atoms. The molecule has 1 aromatic carbocycles. The SMILES string of the molecule is Cc1ccc2c(c1)[C@H](C(C)C)CC[C@@]2(C)O. The van der Waals surface area contributed by atoms with E-state index in [1.54, 1.807) is 0 Å². The lowest BCUT2D eigenvalue weighted by molar-refractivity contribution is 0.0319. The van der Waals surface area contributed by atoms with Crippen LogP contribution in [0, 0.1) is 12.8 Å². The fraction of sp³-hybridized carbons (Fsp3) is 0.600. The average molecular weight is 218 g/mol. The van der Waals surface area contributed by atoms with E-state index in [4.69, 9.17) is 0 Å². The number of fused-ring (bicyclic) bond motifs is 1. The molecule has 0 saturated carbocycles. The van der Waals surface area contributed by atoms with Crippen LogP contribution in [-0.4, -0.2) is 5.11 Å². The summed E-state index contributed by atoms with van der Waals surface area (Å²) in [4.78, 5) is 0. The lowest BCUT2D eigenvalue weighted by Crippen LogP contribution is -2.30. The first-order valence-corrected chi connectivity index (χ1v) is 6.25. The maximum absolute atomic E-state index is 10.4. The second-order valence-electron chi connectivity index (χ2n) is 5.75. The molecule has 2 atom stereocenters. The second-order valence-corrected chi connectivity index (χ2v) is 5.75. The Morgan fingerprint density at radius 3 is 2.69 bits per heavy atom. The van der Waals surface area contributed by atoms with E-state index in [1.807, 2.05) is 6.92 Å². The summed E-state index contributed by atoms with van der Waals surface area (Å²) in [5.74, 6) is 1.26. The maximum atomic E-state index is 10.4. The molecule has 0 unspecified atom stereocenters. The predicted octanol–water partition coefficient (Wildman–Crippen LogP) is 3.74. The normalized spacial score (nSPS) is 29.2. The Hall–Kier alpha value is -0.820. The largest absolute Gasteiger partial charge is 0.385 e. The molecular formula is C15H22O. The minimum Gasteiger partial charge on any atom is -0.385 e. The fourth-order valence-electron chi connectivity index (χ4n) is 2.90. The van der Waals surface area contributed by atoms with Gasteiger partial charge < -0.3 is 5.11 Å². The standard InChI is InChI=1S/C15H22O/c1-10(2)12-7-8-15(4,16)14-6-5-11(3)9-13(12)14/h5-6,9-10,12,16H,7-8H2,1-4H3/t12-,15+/m0/s1. The summed E-state index contributed by atoms with van der Waals surface area (Å²) in [5, 5.41) is 10.4. The van der Waals surface area contributed by atoms with Gasteiger partial charge in [0.1, 0.15) is 0 Å². The van der Waals surface area contributed by atoms with Gasteiger partial charge in [0.15, 0.2) is 0 Å². The molecule has 1 aromatic rings. The smallest absolute Gasteiger partial charge is 0.0871 e. The van der Waals surface area contributed by atoms with Gasteiger partial charge in [-0.25, -0.2) is 0 Å². The second kappa shape index (κ2) is 3.89. The maximum Gasteiger partial charge on any atom is 0.0871 e. The molecule has 1 N–H and O–H groups in total. The van der Waals surface area contributed by atoms with E-state index in [-0.39, 0.29) is 0 Å². The van der Waals surface area contributed by atoms with Gasteiger partial charge >= 0.3 is 0 Å². The first-order valence-electron chi connectivity index (χ1n) is 6.25. The molecule has 0 heterocycles. The lowest BCUT2D eigenvalue weighted by atomic mass is 9.71. The number of rotatable bonds is 1. The van der Waals surface area contributed by atoms with E-state index < -0.39 is 5.60 Å². The van der Waals surface area contributed by atoms with Crippen molar-refractivity contribution in [3.8, 4) is 0 Å². The third kappa shape index (κ3) is 1.89. The fourth-order valence-corrected chi connectivity index (χ4v) is 2.90. The summed E-state index contributed by atoms with van der Waals surface area (Å²) in [6.45, 7) is 8.62. The van der Waals surface area contributed by atoms with Crippen molar-refractivity contribution in [1.29, 1.82) is 0 Å². The van der Waals surface area contributed by atoms with Crippen molar-refractivity contribution in [2.75, 3.05) is 0 Å². The summed E-state index contributed by atoms with van der Waals surface area (Å²) in [7, 11) is 0. The molecule has 0 amide bonds. The zero-order chi connectivity index (χ0) is 11.9. The van der Waals surface area contributed by atoms with Crippen molar-refractivity contribution in [2.45, 2.75) is 52.1 Å². The van der Waals surface area contributed by atoms with Gasteiger partial charge in [-0.3, -0.25) is 0 Å². The number of aryl methyl sites for hydroxylation is 1. The van der Waals surface area contributed by atoms with E-state index in [0.717, 1.165) is 18.4 Å². The summed E-state index contributed by atoms with van der Waals surface area (Å²) in [6.07, 6.45) is 1.98. The molecule has 0 fully saturated rings. The molecule has 88 valence electrons. The molecule has 1 aliphatic rings. The van der Waals surface area contributed by atoms with Crippen LogP contribution < -0.4 is 0 Å². The molecule has 1 nitrogen and oxygen atoms in total. The lowest BCUT2D eigenvalue weighted by Gasteiger charge is -2.37. The summed E-state index contributed by atoms with van der Waals surface area (Å²) in [5.41, 5.74) is 3.17. The zero-order valence-electron chi connectivity index (χ0n) is 10.7. The molecule has 2 rings (SSSR count). The Bertz CT molecular complexity index is 390. The molecule has 0 aromatic heterocycles. The number of benzene rings is 1. The van der Waals surface area contributed by atoms with Gasteiger partial charge in [0.2, 0.25) is 0 Å². The monoisotopic (exact) mass is 218 g/mol. The third-order valence-electron chi connectivity index (χ3n) is 3.93. The minimum absolute atomic E-state index is 0.607. The number of aliphatic hydroxyl groups is 1. The Morgan fingerprint density at radius 1 is 1.38 bits per heavy atom. The Morgan fingerprint density at radius 2 is 2.06 bits per heavy atom. The topological polar surface area (TPSA) is 20.2 Å². The Balaban J connectivity index is 2.54. The van der Waals surface area contributed by atoms with Crippen molar-refractivity contribution in [3.05, 3.63) is 34.9 Å². The molecule has 16 heavy (non-hydrogen) atoms. The molecule has 1 heteroatoms. The van der Waals surface area contributed by atoms with Crippen molar-refractivity contribution < 1.29 is 5.11 Å².